The molecule has 0 aliphatic carbocycles. The maximum Gasteiger partial charge on any atom is 0.129 e. The predicted molar refractivity (Wildman–Crippen MR) is 84.7 cm³/mol. The molecule has 2 rings (SSSR count). The van der Waals surface area contributed by atoms with E-state index in [4.69, 9.17) is 9.52 Å². The zero-order valence-electron chi connectivity index (χ0n) is 12.9. The Balaban J connectivity index is 2.08. The van der Waals surface area contributed by atoms with E-state index in [1.807, 2.05) is 18.2 Å². The fraction of sp³-hybridized carbons (Fsp3) is 0.444. The predicted octanol–water partition coefficient (Wildman–Crippen LogP) is 4.04. The Morgan fingerprint density at radius 3 is 2.24 bits per heavy atom. The summed E-state index contributed by atoms with van der Waals surface area (Å²) in [5, 5.41) is 12.7. The van der Waals surface area contributed by atoms with E-state index in [9.17, 15) is 0 Å². The first-order chi connectivity index (χ1) is 10.3. The zero-order chi connectivity index (χ0) is 15.1. The van der Waals surface area contributed by atoms with E-state index in [0.29, 0.717) is 24.3 Å². The standard InChI is InChI=1S/C18H25NO2/c1-3-14(4-2)18(15-8-6-5-7-9-15)19-12-16-10-11-17(13-20)21-16/h5-11,14,18-20H,3-4,12-13H2,1-2H3. The summed E-state index contributed by atoms with van der Waals surface area (Å²) in [7, 11) is 0. The third kappa shape index (κ3) is 4.19. The molecule has 0 bridgehead atoms. The fourth-order valence-corrected chi connectivity index (χ4v) is 2.79. The Labute approximate surface area is 127 Å². The van der Waals surface area contributed by atoms with Crippen LogP contribution >= 0.6 is 0 Å². The molecule has 0 aliphatic rings. The van der Waals surface area contributed by atoms with Crippen molar-refractivity contribution >= 4 is 0 Å². The highest BCUT2D eigenvalue weighted by molar-refractivity contribution is 5.20. The van der Waals surface area contributed by atoms with Crippen molar-refractivity contribution in [2.24, 2.45) is 5.92 Å². The molecule has 1 aromatic heterocycles. The summed E-state index contributed by atoms with van der Waals surface area (Å²) in [6, 6.07) is 14.6. The Bertz CT molecular complexity index is 517. The molecule has 0 saturated carbocycles. The van der Waals surface area contributed by atoms with Gasteiger partial charge in [-0.05, 0) is 23.6 Å². The SMILES string of the molecule is CCC(CC)C(NCc1ccc(CO)o1)c1ccccc1. The van der Waals surface area contributed by atoms with Gasteiger partial charge in [0.05, 0.1) is 6.54 Å². The molecular formula is C18H25NO2. The van der Waals surface area contributed by atoms with Gasteiger partial charge in [-0.25, -0.2) is 0 Å². The molecule has 0 amide bonds. The van der Waals surface area contributed by atoms with Crippen molar-refractivity contribution < 1.29 is 9.52 Å². The van der Waals surface area contributed by atoms with Crippen LogP contribution in [0, 0.1) is 5.92 Å². The first-order valence-electron chi connectivity index (χ1n) is 7.75. The van der Waals surface area contributed by atoms with E-state index < -0.39 is 0 Å². The minimum atomic E-state index is -0.0470. The van der Waals surface area contributed by atoms with Crippen LogP contribution in [0.1, 0.15) is 49.8 Å². The van der Waals surface area contributed by atoms with Crippen LogP contribution in [-0.4, -0.2) is 5.11 Å². The molecule has 1 atom stereocenters. The number of furan rings is 1. The Morgan fingerprint density at radius 1 is 1.00 bits per heavy atom. The highest BCUT2D eigenvalue weighted by atomic mass is 16.4. The van der Waals surface area contributed by atoms with Gasteiger partial charge in [0.2, 0.25) is 0 Å². The van der Waals surface area contributed by atoms with E-state index in [1.165, 1.54) is 5.56 Å². The number of benzene rings is 1. The van der Waals surface area contributed by atoms with Crippen LogP contribution in [0.5, 0.6) is 0 Å². The molecule has 0 aliphatic heterocycles. The lowest BCUT2D eigenvalue weighted by Crippen LogP contribution is -2.27. The summed E-state index contributed by atoms with van der Waals surface area (Å²) in [6.45, 7) is 5.11. The number of aliphatic hydroxyl groups excluding tert-OH is 1. The normalized spacial score (nSPS) is 12.8. The van der Waals surface area contributed by atoms with Crippen molar-refractivity contribution in [2.75, 3.05) is 0 Å². The third-order valence-corrected chi connectivity index (χ3v) is 4.05. The Kier molecular flexibility index (Phi) is 6.03. The van der Waals surface area contributed by atoms with Gasteiger partial charge >= 0.3 is 0 Å². The van der Waals surface area contributed by atoms with Gasteiger partial charge in [-0.2, -0.15) is 0 Å². The molecule has 0 fully saturated rings. The lowest BCUT2D eigenvalue weighted by Gasteiger charge is -2.26. The molecule has 114 valence electrons. The highest BCUT2D eigenvalue weighted by Gasteiger charge is 2.20. The smallest absolute Gasteiger partial charge is 0.129 e. The molecule has 1 aromatic carbocycles. The molecular weight excluding hydrogens is 262 g/mol. The second-order valence-electron chi connectivity index (χ2n) is 5.37. The van der Waals surface area contributed by atoms with Gasteiger partial charge in [0.1, 0.15) is 18.1 Å². The van der Waals surface area contributed by atoms with Gasteiger partial charge in [-0.1, -0.05) is 57.0 Å². The second kappa shape index (κ2) is 8.01. The van der Waals surface area contributed by atoms with Crippen LogP contribution in [-0.2, 0) is 13.2 Å². The van der Waals surface area contributed by atoms with Crippen LogP contribution in [0.15, 0.2) is 46.9 Å². The second-order valence-corrected chi connectivity index (χ2v) is 5.37. The van der Waals surface area contributed by atoms with Crippen molar-refractivity contribution in [3.63, 3.8) is 0 Å². The maximum absolute atomic E-state index is 9.06. The Hall–Kier alpha value is -1.58. The van der Waals surface area contributed by atoms with Gasteiger partial charge < -0.3 is 14.8 Å². The van der Waals surface area contributed by atoms with E-state index in [-0.39, 0.29) is 6.61 Å². The quantitative estimate of drug-likeness (QED) is 0.770. The van der Waals surface area contributed by atoms with Gasteiger partial charge in [-0.15, -0.1) is 0 Å². The van der Waals surface area contributed by atoms with Crippen LogP contribution in [0.3, 0.4) is 0 Å². The van der Waals surface area contributed by atoms with Gasteiger partial charge in [-0.3, -0.25) is 0 Å². The number of hydrogen-bond acceptors (Lipinski definition) is 3. The van der Waals surface area contributed by atoms with Crippen LogP contribution in [0.25, 0.3) is 0 Å². The van der Waals surface area contributed by atoms with Gasteiger partial charge in [0.15, 0.2) is 0 Å². The van der Waals surface area contributed by atoms with Crippen molar-refractivity contribution in [1.82, 2.24) is 5.32 Å². The average molecular weight is 287 g/mol. The van der Waals surface area contributed by atoms with Gasteiger partial charge in [0, 0.05) is 6.04 Å². The summed E-state index contributed by atoms with van der Waals surface area (Å²) < 4.78 is 5.55. The van der Waals surface area contributed by atoms with E-state index in [0.717, 1.165) is 18.6 Å². The lowest BCUT2D eigenvalue weighted by molar-refractivity contribution is 0.241. The maximum atomic E-state index is 9.06. The van der Waals surface area contributed by atoms with Crippen LogP contribution < -0.4 is 5.32 Å². The summed E-state index contributed by atoms with van der Waals surface area (Å²) >= 11 is 0. The van der Waals surface area contributed by atoms with E-state index in [1.54, 1.807) is 0 Å². The minimum absolute atomic E-state index is 0.0470. The number of rotatable bonds is 8. The van der Waals surface area contributed by atoms with Crippen molar-refractivity contribution in [3.8, 4) is 0 Å². The monoisotopic (exact) mass is 287 g/mol. The fourth-order valence-electron chi connectivity index (χ4n) is 2.79. The van der Waals surface area contributed by atoms with E-state index in [2.05, 4.69) is 43.4 Å². The zero-order valence-corrected chi connectivity index (χ0v) is 12.9. The van der Waals surface area contributed by atoms with Crippen molar-refractivity contribution in [2.45, 2.75) is 45.9 Å². The molecule has 3 heteroatoms. The first kappa shape index (κ1) is 15.8. The van der Waals surface area contributed by atoms with Crippen LogP contribution in [0.2, 0.25) is 0 Å². The van der Waals surface area contributed by atoms with E-state index >= 15 is 0 Å². The highest BCUT2D eigenvalue weighted by Crippen LogP contribution is 2.27. The molecule has 1 unspecified atom stereocenters. The van der Waals surface area contributed by atoms with Gasteiger partial charge in [0.25, 0.3) is 0 Å². The Morgan fingerprint density at radius 2 is 1.67 bits per heavy atom. The summed E-state index contributed by atoms with van der Waals surface area (Å²) in [5.74, 6) is 2.08. The third-order valence-electron chi connectivity index (χ3n) is 4.05. The molecule has 3 nitrogen and oxygen atoms in total. The average Bonchev–Trinajstić information content (AvgIpc) is 3.00. The first-order valence-corrected chi connectivity index (χ1v) is 7.75. The largest absolute Gasteiger partial charge is 0.462 e. The minimum Gasteiger partial charge on any atom is -0.462 e. The van der Waals surface area contributed by atoms with Crippen molar-refractivity contribution in [1.29, 1.82) is 0 Å². The molecule has 0 radical (unpaired) electrons. The molecule has 0 spiro atoms. The number of nitrogens with one attached hydrogen (secondary N) is 1. The number of aliphatic hydroxyl groups is 1. The number of hydrogen-bond donors (Lipinski definition) is 2. The molecule has 0 saturated heterocycles. The molecule has 21 heavy (non-hydrogen) atoms. The molecule has 1 heterocycles. The molecule has 2 aromatic rings. The van der Waals surface area contributed by atoms with Crippen LogP contribution in [0.4, 0.5) is 0 Å². The molecule has 2 N–H and O–H groups in total. The lowest BCUT2D eigenvalue weighted by atomic mass is 9.89. The summed E-state index contributed by atoms with van der Waals surface area (Å²) in [6.07, 6.45) is 2.28. The topological polar surface area (TPSA) is 45.4 Å². The summed E-state index contributed by atoms with van der Waals surface area (Å²) in [4.78, 5) is 0. The van der Waals surface area contributed by atoms with Crippen molar-refractivity contribution in [3.05, 3.63) is 59.5 Å². The summed E-state index contributed by atoms with van der Waals surface area (Å²) in [5.41, 5.74) is 1.32.